The molecule has 1 aliphatic rings. The Balaban J connectivity index is 1.66. The van der Waals surface area contributed by atoms with Gasteiger partial charge in [-0.2, -0.15) is 0 Å². The molecule has 6 heteroatoms. The SMILES string of the molecule is COc1ccc(F)cc1-c1ccc(C[C@@]2(C(=O)NCCCCN(C)C)CCCO2)cc1. The first-order valence-corrected chi connectivity index (χ1v) is 10.9. The Morgan fingerprint density at radius 3 is 2.61 bits per heavy atom. The van der Waals surface area contributed by atoms with Gasteiger partial charge in [0, 0.05) is 25.1 Å². The third-order valence-corrected chi connectivity index (χ3v) is 5.75. The molecule has 2 aromatic carbocycles. The van der Waals surface area contributed by atoms with Crippen LogP contribution in [0.5, 0.6) is 5.75 Å². The van der Waals surface area contributed by atoms with Gasteiger partial charge in [0.25, 0.3) is 5.91 Å². The number of ether oxygens (including phenoxy) is 2. The number of hydrogen-bond donors (Lipinski definition) is 1. The minimum Gasteiger partial charge on any atom is -0.496 e. The van der Waals surface area contributed by atoms with Gasteiger partial charge in [0.05, 0.1) is 7.11 Å². The van der Waals surface area contributed by atoms with Crippen LogP contribution in [0.15, 0.2) is 42.5 Å². The molecule has 0 bridgehead atoms. The van der Waals surface area contributed by atoms with E-state index in [2.05, 4.69) is 24.3 Å². The van der Waals surface area contributed by atoms with Gasteiger partial charge in [0.2, 0.25) is 0 Å². The van der Waals surface area contributed by atoms with Crippen LogP contribution in [0.2, 0.25) is 0 Å². The van der Waals surface area contributed by atoms with Crippen molar-refractivity contribution < 1.29 is 18.7 Å². The molecule has 1 heterocycles. The molecule has 5 nitrogen and oxygen atoms in total. The Kier molecular flexibility index (Phi) is 8.04. The Morgan fingerprint density at radius 1 is 1.19 bits per heavy atom. The van der Waals surface area contributed by atoms with Gasteiger partial charge in [-0.1, -0.05) is 24.3 Å². The smallest absolute Gasteiger partial charge is 0.252 e. The molecule has 1 aliphatic heterocycles. The van der Waals surface area contributed by atoms with Crippen LogP contribution in [-0.4, -0.2) is 57.3 Å². The highest BCUT2D eigenvalue weighted by molar-refractivity contribution is 5.86. The maximum absolute atomic E-state index is 13.7. The van der Waals surface area contributed by atoms with Crippen LogP contribution < -0.4 is 10.1 Å². The molecule has 0 aromatic heterocycles. The molecule has 1 fully saturated rings. The van der Waals surface area contributed by atoms with Crippen molar-refractivity contribution in [3.05, 3.63) is 53.8 Å². The van der Waals surface area contributed by atoms with Crippen LogP contribution in [0, 0.1) is 5.82 Å². The number of carbonyl (C=O) groups excluding carboxylic acids is 1. The quantitative estimate of drug-likeness (QED) is 0.580. The highest BCUT2D eigenvalue weighted by atomic mass is 19.1. The maximum atomic E-state index is 13.7. The minimum atomic E-state index is -0.806. The molecular weight excluding hydrogens is 395 g/mol. The van der Waals surface area contributed by atoms with Crippen LogP contribution >= 0.6 is 0 Å². The zero-order valence-corrected chi connectivity index (χ0v) is 18.7. The fourth-order valence-electron chi connectivity index (χ4n) is 4.05. The molecule has 1 saturated heterocycles. The van der Waals surface area contributed by atoms with Crippen LogP contribution in [0.4, 0.5) is 4.39 Å². The Bertz CT molecular complexity index is 862. The number of amides is 1. The largest absolute Gasteiger partial charge is 0.496 e. The highest BCUT2D eigenvalue weighted by Gasteiger charge is 2.42. The maximum Gasteiger partial charge on any atom is 0.252 e. The van der Waals surface area contributed by atoms with Crippen molar-refractivity contribution in [1.29, 1.82) is 0 Å². The van der Waals surface area contributed by atoms with Crippen molar-refractivity contribution in [3.8, 4) is 16.9 Å². The van der Waals surface area contributed by atoms with Crippen LogP contribution in [0.3, 0.4) is 0 Å². The van der Waals surface area contributed by atoms with E-state index >= 15 is 0 Å². The molecule has 2 aromatic rings. The third kappa shape index (κ3) is 6.05. The summed E-state index contributed by atoms with van der Waals surface area (Å²) in [5.74, 6) is 0.296. The topological polar surface area (TPSA) is 50.8 Å². The molecule has 1 atom stereocenters. The van der Waals surface area contributed by atoms with Gasteiger partial charge in [-0.25, -0.2) is 4.39 Å². The molecule has 0 aliphatic carbocycles. The van der Waals surface area contributed by atoms with E-state index in [-0.39, 0.29) is 11.7 Å². The number of nitrogens with one attached hydrogen (secondary N) is 1. The average Bonchev–Trinajstić information content (AvgIpc) is 3.23. The van der Waals surface area contributed by atoms with Crippen molar-refractivity contribution >= 4 is 5.91 Å². The van der Waals surface area contributed by atoms with Gasteiger partial charge in [-0.15, -0.1) is 0 Å². The summed E-state index contributed by atoms with van der Waals surface area (Å²) in [5, 5.41) is 3.08. The number of hydrogen-bond acceptors (Lipinski definition) is 4. The van der Waals surface area contributed by atoms with Gasteiger partial charge >= 0.3 is 0 Å². The molecule has 1 N–H and O–H groups in total. The van der Waals surface area contributed by atoms with Gasteiger partial charge in [-0.05, 0) is 75.6 Å². The molecule has 0 saturated carbocycles. The molecule has 0 unspecified atom stereocenters. The van der Waals surface area contributed by atoms with E-state index in [4.69, 9.17) is 9.47 Å². The van der Waals surface area contributed by atoms with Gasteiger partial charge < -0.3 is 19.7 Å². The lowest BCUT2D eigenvalue weighted by Crippen LogP contribution is -2.48. The molecule has 3 rings (SSSR count). The summed E-state index contributed by atoms with van der Waals surface area (Å²) in [4.78, 5) is 15.1. The van der Waals surface area contributed by atoms with Crippen molar-refractivity contribution in [2.45, 2.75) is 37.7 Å². The van der Waals surface area contributed by atoms with Crippen LogP contribution in [0.1, 0.15) is 31.2 Å². The number of carbonyl (C=O) groups is 1. The van der Waals surface area contributed by atoms with Crippen molar-refractivity contribution in [2.75, 3.05) is 40.9 Å². The summed E-state index contributed by atoms with van der Waals surface area (Å²) < 4.78 is 25.1. The second kappa shape index (κ2) is 10.7. The van der Waals surface area contributed by atoms with Crippen molar-refractivity contribution in [1.82, 2.24) is 10.2 Å². The van der Waals surface area contributed by atoms with Gasteiger partial charge in [0.15, 0.2) is 5.60 Å². The number of benzene rings is 2. The average molecular weight is 429 g/mol. The number of unbranched alkanes of at least 4 members (excludes halogenated alkanes) is 1. The lowest BCUT2D eigenvalue weighted by molar-refractivity contribution is -0.141. The van der Waals surface area contributed by atoms with Crippen LogP contribution in [0.25, 0.3) is 11.1 Å². The summed E-state index contributed by atoms with van der Waals surface area (Å²) in [5.41, 5.74) is 1.78. The molecular formula is C25H33FN2O3. The summed E-state index contributed by atoms with van der Waals surface area (Å²) in [6.07, 6.45) is 4.12. The number of nitrogens with zero attached hydrogens (tertiary/aromatic N) is 1. The first-order chi connectivity index (χ1) is 14.9. The summed E-state index contributed by atoms with van der Waals surface area (Å²) >= 11 is 0. The summed E-state index contributed by atoms with van der Waals surface area (Å²) in [6.45, 7) is 2.28. The van der Waals surface area contributed by atoms with E-state index in [1.165, 1.54) is 12.1 Å². The van der Waals surface area contributed by atoms with Gasteiger partial charge in [0.1, 0.15) is 11.6 Å². The lowest BCUT2D eigenvalue weighted by atomic mass is 9.89. The van der Waals surface area contributed by atoms with Crippen molar-refractivity contribution in [3.63, 3.8) is 0 Å². The Labute approximate surface area is 184 Å². The number of halogens is 1. The predicted molar refractivity (Wildman–Crippen MR) is 121 cm³/mol. The predicted octanol–water partition coefficient (Wildman–Crippen LogP) is 4.05. The van der Waals surface area contributed by atoms with Crippen LogP contribution in [-0.2, 0) is 16.0 Å². The highest BCUT2D eigenvalue weighted by Crippen LogP contribution is 2.33. The normalized spacial score (nSPS) is 18.4. The second-order valence-electron chi connectivity index (χ2n) is 8.43. The number of methoxy groups -OCH3 is 1. The fourth-order valence-corrected chi connectivity index (χ4v) is 4.05. The zero-order valence-electron chi connectivity index (χ0n) is 18.7. The minimum absolute atomic E-state index is 0.0225. The standard InChI is InChI=1S/C25H33FN2O3/c1-28(2)15-5-4-14-27-24(29)25(13-6-16-31-25)18-19-7-9-20(10-8-19)22-17-21(26)11-12-23(22)30-3/h7-12,17H,4-6,13-16,18H2,1-3H3,(H,27,29)/t25-/m1/s1. The van der Waals surface area contributed by atoms with E-state index in [0.717, 1.165) is 43.4 Å². The monoisotopic (exact) mass is 428 g/mol. The lowest BCUT2D eigenvalue weighted by Gasteiger charge is -2.27. The fraction of sp³-hybridized carbons (Fsp3) is 0.480. The first kappa shape index (κ1) is 23.2. The summed E-state index contributed by atoms with van der Waals surface area (Å²) in [6, 6.07) is 12.3. The molecule has 0 radical (unpaired) electrons. The first-order valence-electron chi connectivity index (χ1n) is 10.9. The van der Waals surface area contributed by atoms with Gasteiger partial charge in [-0.3, -0.25) is 4.79 Å². The van der Waals surface area contributed by atoms with E-state index in [9.17, 15) is 9.18 Å². The second-order valence-corrected chi connectivity index (χ2v) is 8.43. The van der Waals surface area contributed by atoms with E-state index in [1.807, 2.05) is 24.3 Å². The molecule has 1 amide bonds. The van der Waals surface area contributed by atoms with Crippen molar-refractivity contribution in [2.24, 2.45) is 0 Å². The number of rotatable bonds is 10. The molecule has 31 heavy (non-hydrogen) atoms. The Morgan fingerprint density at radius 2 is 1.97 bits per heavy atom. The van der Waals surface area contributed by atoms with E-state index < -0.39 is 5.60 Å². The Hall–Kier alpha value is -2.44. The van der Waals surface area contributed by atoms with E-state index in [1.54, 1.807) is 13.2 Å². The summed E-state index contributed by atoms with van der Waals surface area (Å²) in [7, 11) is 5.68. The third-order valence-electron chi connectivity index (χ3n) is 5.75. The zero-order chi connectivity index (χ0) is 22.3. The molecule has 0 spiro atoms. The van der Waals surface area contributed by atoms with E-state index in [0.29, 0.717) is 30.9 Å². The molecule has 168 valence electrons.